The molecule has 0 bridgehead atoms. The molecule has 3 nitrogen and oxygen atoms in total. The smallest absolute Gasteiger partial charge is 0.175 e. The van der Waals surface area contributed by atoms with Crippen molar-refractivity contribution in [3.05, 3.63) is 29.8 Å². The Hall–Kier alpha value is -1.16. The predicted molar refractivity (Wildman–Crippen MR) is 68.0 cm³/mol. The van der Waals surface area contributed by atoms with Gasteiger partial charge in [-0.2, -0.15) is 0 Å². The van der Waals surface area contributed by atoms with Crippen LogP contribution in [-0.2, 0) is 9.84 Å². The third kappa shape index (κ3) is 4.30. The van der Waals surface area contributed by atoms with Crippen molar-refractivity contribution in [1.82, 2.24) is 0 Å². The van der Waals surface area contributed by atoms with Crippen molar-refractivity contribution in [2.24, 2.45) is 5.92 Å². The predicted octanol–water partition coefficient (Wildman–Crippen LogP) is 2.71. The minimum atomic E-state index is -3.18. The Morgan fingerprint density at radius 3 is 2.12 bits per heavy atom. The van der Waals surface area contributed by atoms with E-state index in [0.717, 1.165) is 12.7 Å². The largest absolute Gasteiger partial charge is 0.294 e. The monoisotopic (exact) mass is 254 g/mol. The average molecular weight is 254 g/mol. The van der Waals surface area contributed by atoms with Crippen LogP contribution in [0, 0.1) is 5.92 Å². The third-order valence-corrected chi connectivity index (χ3v) is 3.68. The molecule has 1 aromatic rings. The standard InChI is InChI=1S/C13H18O3S/c1-10(2)4-9-13(14)11-5-7-12(8-6-11)17(3,15)16/h5-8,10H,4,9H2,1-3H3. The van der Waals surface area contributed by atoms with Gasteiger partial charge in [-0.3, -0.25) is 4.79 Å². The van der Waals surface area contributed by atoms with Gasteiger partial charge in [0, 0.05) is 18.2 Å². The highest BCUT2D eigenvalue weighted by Crippen LogP contribution is 2.14. The highest BCUT2D eigenvalue weighted by molar-refractivity contribution is 7.90. The van der Waals surface area contributed by atoms with Crippen molar-refractivity contribution in [1.29, 1.82) is 0 Å². The Labute approximate surface area is 103 Å². The van der Waals surface area contributed by atoms with Gasteiger partial charge in [-0.25, -0.2) is 8.42 Å². The zero-order valence-electron chi connectivity index (χ0n) is 10.4. The number of hydrogen-bond acceptors (Lipinski definition) is 3. The Kier molecular flexibility index (Phi) is 4.46. The molecule has 17 heavy (non-hydrogen) atoms. The van der Waals surface area contributed by atoms with Crippen molar-refractivity contribution >= 4 is 15.6 Å². The normalized spacial score (nSPS) is 11.8. The summed E-state index contributed by atoms with van der Waals surface area (Å²) in [5.41, 5.74) is 0.582. The lowest BCUT2D eigenvalue weighted by molar-refractivity contribution is 0.0975. The van der Waals surface area contributed by atoms with Crippen molar-refractivity contribution < 1.29 is 13.2 Å². The number of rotatable bonds is 5. The lowest BCUT2D eigenvalue weighted by atomic mass is 10.0. The second kappa shape index (κ2) is 5.45. The molecule has 0 fully saturated rings. The van der Waals surface area contributed by atoms with Crippen LogP contribution in [0.5, 0.6) is 0 Å². The van der Waals surface area contributed by atoms with Crippen molar-refractivity contribution in [2.75, 3.05) is 6.26 Å². The summed E-state index contributed by atoms with van der Waals surface area (Å²) in [6.45, 7) is 4.14. The molecule has 94 valence electrons. The number of carbonyl (C=O) groups excluding carboxylic acids is 1. The van der Waals surface area contributed by atoms with E-state index in [-0.39, 0.29) is 10.7 Å². The highest BCUT2D eigenvalue weighted by Gasteiger charge is 2.10. The van der Waals surface area contributed by atoms with E-state index in [9.17, 15) is 13.2 Å². The number of Topliss-reactive ketones (excluding diaryl/α,β-unsaturated/α-hetero) is 1. The van der Waals surface area contributed by atoms with Crippen molar-refractivity contribution in [2.45, 2.75) is 31.6 Å². The van der Waals surface area contributed by atoms with Crippen LogP contribution < -0.4 is 0 Å². The van der Waals surface area contributed by atoms with E-state index in [2.05, 4.69) is 13.8 Å². The van der Waals surface area contributed by atoms with E-state index in [1.54, 1.807) is 12.1 Å². The number of benzene rings is 1. The molecule has 1 aromatic carbocycles. The molecule has 0 unspecified atom stereocenters. The van der Waals surface area contributed by atoms with E-state index in [1.807, 2.05) is 0 Å². The summed E-state index contributed by atoms with van der Waals surface area (Å²) in [6.07, 6.45) is 2.52. The summed E-state index contributed by atoms with van der Waals surface area (Å²) in [6, 6.07) is 6.13. The lowest BCUT2D eigenvalue weighted by Gasteiger charge is -2.04. The first kappa shape index (κ1) is 13.9. The van der Waals surface area contributed by atoms with Crippen LogP contribution in [-0.4, -0.2) is 20.5 Å². The summed E-state index contributed by atoms with van der Waals surface area (Å²) in [5, 5.41) is 0. The van der Waals surface area contributed by atoms with E-state index in [4.69, 9.17) is 0 Å². The van der Waals surface area contributed by atoms with Crippen LogP contribution in [0.15, 0.2) is 29.2 Å². The molecule has 4 heteroatoms. The lowest BCUT2D eigenvalue weighted by Crippen LogP contribution is -2.03. The third-order valence-electron chi connectivity index (χ3n) is 2.55. The fraction of sp³-hybridized carbons (Fsp3) is 0.462. The zero-order chi connectivity index (χ0) is 13.1. The summed E-state index contributed by atoms with van der Waals surface area (Å²) in [5.74, 6) is 0.563. The highest BCUT2D eigenvalue weighted by atomic mass is 32.2. The Morgan fingerprint density at radius 2 is 1.71 bits per heavy atom. The van der Waals surface area contributed by atoms with Gasteiger partial charge in [0.25, 0.3) is 0 Å². The molecule has 0 saturated carbocycles. The molecule has 1 rings (SSSR count). The first-order valence-electron chi connectivity index (χ1n) is 5.64. The molecular weight excluding hydrogens is 236 g/mol. The van der Waals surface area contributed by atoms with E-state index < -0.39 is 9.84 Å². The molecule has 0 spiro atoms. The maximum absolute atomic E-state index is 11.8. The first-order valence-corrected chi connectivity index (χ1v) is 7.53. The van der Waals surface area contributed by atoms with Crippen molar-refractivity contribution in [3.8, 4) is 0 Å². The minimum absolute atomic E-state index is 0.0683. The molecule has 0 N–H and O–H groups in total. The van der Waals surface area contributed by atoms with Gasteiger partial charge >= 0.3 is 0 Å². The van der Waals surface area contributed by atoms with Gasteiger partial charge in [-0.1, -0.05) is 26.0 Å². The Bertz CT molecular complexity index is 484. The van der Waals surface area contributed by atoms with Crippen LogP contribution in [0.3, 0.4) is 0 Å². The SMILES string of the molecule is CC(C)CCC(=O)c1ccc(S(C)(=O)=O)cc1. The molecule has 0 aliphatic heterocycles. The summed E-state index contributed by atoms with van der Waals surface area (Å²) >= 11 is 0. The van der Waals surface area contributed by atoms with Crippen LogP contribution >= 0.6 is 0 Å². The molecule has 0 atom stereocenters. The molecule has 0 amide bonds. The second-order valence-corrected chi connectivity index (χ2v) is 6.67. The van der Waals surface area contributed by atoms with Crippen LogP contribution in [0.1, 0.15) is 37.0 Å². The van der Waals surface area contributed by atoms with Gasteiger partial charge in [0.05, 0.1) is 4.90 Å². The first-order chi connectivity index (χ1) is 7.80. The average Bonchev–Trinajstić information content (AvgIpc) is 2.25. The van der Waals surface area contributed by atoms with E-state index in [1.165, 1.54) is 12.1 Å². The van der Waals surface area contributed by atoms with E-state index >= 15 is 0 Å². The number of hydrogen-bond donors (Lipinski definition) is 0. The topological polar surface area (TPSA) is 51.2 Å². The quantitative estimate of drug-likeness (QED) is 0.759. The van der Waals surface area contributed by atoms with Gasteiger partial charge in [0.15, 0.2) is 15.6 Å². The Balaban J connectivity index is 2.78. The number of sulfone groups is 1. The molecule has 0 saturated heterocycles. The Morgan fingerprint density at radius 1 is 1.18 bits per heavy atom. The molecular formula is C13H18O3S. The fourth-order valence-corrected chi connectivity index (χ4v) is 2.08. The fourth-order valence-electron chi connectivity index (χ4n) is 1.45. The zero-order valence-corrected chi connectivity index (χ0v) is 11.3. The van der Waals surface area contributed by atoms with Crippen LogP contribution in [0.2, 0.25) is 0 Å². The number of ketones is 1. The summed E-state index contributed by atoms with van der Waals surface area (Å²) < 4.78 is 22.5. The molecule has 0 heterocycles. The second-order valence-electron chi connectivity index (χ2n) is 4.65. The van der Waals surface area contributed by atoms with Crippen LogP contribution in [0.4, 0.5) is 0 Å². The molecule has 0 aromatic heterocycles. The van der Waals surface area contributed by atoms with Gasteiger partial charge in [0.1, 0.15) is 0 Å². The van der Waals surface area contributed by atoms with Gasteiger partial charge in [0.2, 0.25) is 0 Å². The van der Waals surface area contributed by atoms with Crippen molar-refractivity contribution in [3.63, 3.8) is 0 Å². The molecule has 0 radical (unpaired) electrons. The summed E-state index contributed by atoms with van der Waals surface area (Å²) in [4.78, 5) is 12.0. The molecule has 0 aliphatic rings. The van der Waals surface area contributed by atoms with Crippen LogP contribution in [0.25, 0.3) is 0 Å². The maximum Gasteiger partial charge on any atom is 0.175 e. The van der Waals surface area contributed by atoms with Gasteiger partial charge in [-0.05, 0) is 24.5 Å². The number of carbonyl (C=O) groups is 1. The van der Waals surface area contributed by atoms with E-state index in [0.29, 0.717) is 17.9 Å². The van der Waals surface area contributed by atoms with Gasteiger partial charge in [-0.15, -0.1) is 0 Å². The van der Waals surface area contributed by atoms with Gasteiger partial charge < -0.3 is 0 Å². The molecule has 0 aliphatic carbocycles. The summed E-state index contributed by atoms with van der Waals surface area (Å²) in [7, 11) is -3.18. The minimum Gasteiger partial charge on any atom is -0.294 e. The maximum atomic E-state index is 11.8.